The first kappa shape index (κ1) is 65.7. The van der Waals surface area contributed by atoms with Gasteiger partial charge < -0.3 is 60.3 Å². The third-order valence-electron chi connectivity index (χ3n) is 11.5. The summed E-state index contributed by atoms with van der Waals surface area (Å²) in [7, 11) is 5.49. The molecule has 2 radical (unpaired) electrons. The normalized spacial score (nSPS) is 12.3. The lowest BCUT2D eigenvalue weighted by Crippen LogP contribution is -2.41. The van der Waals surface area contributed by atoms with Crippen LogP contribution in [-0.4, -0.2) is 153 Å². The summed E-state index contributed by atoms with van der Waals surface area (Å²) in [5.74, 6) is -4.49. The molecule has 1 aromatic carbocycles. The monoisotopic (exact) mass is 1030 g/mol. The average Bonchev–Trinajstić information content (AvgIpc) is 3.36. The zero-order valence-electron chi connectivity index (χ0n) is 42.8. The predicted octanol–water partition coefficient (Wildman–Crippen LogP) is 4.88. The number of ether oxygens (including phenoxy) is 5. The fourth-order valence-corrected chi connectivity index (χ4v) is 7.38. The number of ketones is 3. The van der Waals surface area contributed by atoms with Gasteiger partial charge in [0.05, 0.1) is 57.7 Å². The molecular weight excluding hydrogens is 953 g/mol. The summed E-state index contributed by atoms with van der Waals surface area (Å²) in [4.78, 5) is 108. The second kappa shape index (κ2) is 43.1. The van der Waals surface area contributed by atoms with E-state index in [9.17, 15) is 48.3 Å². The Morgan fingerprint density at radius 1 is 0.521 bits per heavy atom. The van der Waals surface area contributed by atoms with Crippen LogP contribution in [0, 0.1) is 13.0 Å². The fraction of sp³-hybridized carbons (Fsp3) is 0.692. The van der Waals surface area contributed by atoms with E-state index in [-0.39, 0.29) is 145 Å². The molecule has 3 amide bonds. The van der Waals surface area contributed by atoms with Crippen LogP contribution in [0.25, 0.3) is 0 Å². The van der Waals surface area contributed by atoms with Crippen molar-refractivity contribution in [3.8, 4) is 5.75 Å². The van der Waals surface area contributed by atoms with Crippen LogP contribution in [0.3, 0.4) is 0 Å². The summed E-state index contributed by atoms with van der Waals surface area (Å²) in [5, 5.41) is 37.9. The smallest absolute Gasteiger partial charge is 0.335 e. The molecule has 0 fully saturated rings. The summed E-state index contributed by atoms with van der Waals surface area (Å²) in [6.45, 7) is 3.92. The Labute approximate surface area is 430 Å². The molecule has 7 N–H and O–H groups in total. The van der Waals surface area contributed by atoms with Crippen LogP contribution >= 0.6 is 0 Å². The largest absolute Gasteiger partial charge is 0.494 e. The van der Waals surface area contributed by atoms with Crippen LogP contribution < -0.4 is 26.0 Å². The number of nitrogens with one attached hydrogen (secondary N) is 4. The van der Waals surface area contributed by atoms with Crippen LogP contribution in [0.5, 0.6) is 5.75 Å². The van der Waals surface area contributed by atoms with Crippen molar-refractivity contribution >= 4 is 53.0 Å². The number of carboxylic acids is 3. The molecule has 0 aliphatic carbocycles. The van der Waals surface area contributed by atoms with Crippen molar-refractivity contribution in [3.05, 3.63) is 36.9 Å². The Bertz CT molecular complexity index is 1760. The topological polar surface area (TPSA) is 309 Å². The highest BCUT2D eigenvalue weighted by Gasteiger charge is 2.23. The van der Waals surface area contributed by atoms with Crippen LogP contribution in [0.15, 0.2) is 24.3 Å². The van der Waals surface area contributed by atoms with Crippen molar-refractivity contribution in [1.82, 2.24) is 21.3 Å². The summed E-state index contributed by atoms with van der Waals surface area (Å²) < 4.78 is 27.2. The van der Waals surface area contributed by atoms with E-state index < -0.39 is 35.9 Å². The van der Waals surface area contributed by atoms with Gasteiger partial charge in [0.15, 0.2) is 0 Å². The molecule has 0 saturated heterocycles. The lowest BCUT2D eigenvalue weighted by Gasteiger charge is -2.18. The molecular formula is C52H82N4O17. The standard InChI is InChI=1S/C52H82N4O17/c1-3-14-43(53-2)46(59)25-20-39(45(58)26-27-50(63)64)15-10-11-28-54-48(61)37-72-36-34-70-32-29-55-49(62)38-71-35-33-69-30-13-16-41(57)21-24-44(52(67)68)56-47(60)17-9-7-5-4-6-8-12-31-73-42-22-18-40(19-23-42)51(65)66/h2,18-19,22-23,39,43-44,53H,3-17,20-21,24-38H2,1H3,(H,54,61)(H,55,62)(H,56,60)(H,63,64)(H,65,66)(H,67,68)/t39-,43+,44+/m1/s1. The van der Waals surface area contributed by atoms with Gasteiger partial charge in [-0.05, 0) is 75.6 Å². The van der Waals surface area contributed by atoms with Crippen molar-refractivity contribution in [2.75, 3.05) is 72.6 Å². The van der Waals surface area contributed by atoms with E-state index in [1.165, 1.54) is 12.1 Å². The van der Waals surface area contributed by atoms with Crippen molar-refractivity contribution < 1.29 is 82.2 Å². The molecule has 0 saturated carbocycles. The summed E-state index contributed by atoms with van der Waals surface area (Å²) in [6.07, 6.45) is 10.2. The molecule has 1 aromatic rings. The second-order valence-corrected chi connectivity index (χ2v) is 17.6. The molecule has 412 valence electrons. The van der Waals surface area contributed by atoms with Crippen LogP contribution in [0.2, 0.25) is 0 Å². The molecule has 0 heterocycles. The lowest BCUT2D eigenvalue weighted by atomic mass is 9.88. The molecule has 0 bridgehead atoms. The Morgan fingerprint density at radius 3 is 1.75 bits per heavy atom. The lowest BCUT2D eigenvalue weighted by molar-refractivity contribution is -0.142. The molecule has 73 heavy (non-hydrogen) atoms. The first-order chi connectivity index (χ1) is 35.2. The van der Waals surface area contributed by atoms with E-state index in [0.29, 0.717) is 63.8 Å². The number of hydrogen-bond acceptors (Lipinski definition) is 15. The minimum atomic E-state index is -1.19. The number of rotatable bonds is 50. The molecule has 0 spiro atoms. The van der Waals surface area contributed by atoms with Crippen molar-refractivity contribution in [1.29, 1.82) is 0 Å². The van der Waals surface area contributed by atoms with E-state index in [4.69, 9.17) is 40.9 Å². The Morgan fingerprint density at radius 2 is 1.14 bits per heavy atom. The number of unbranched alkanes of at least 4 members (excludes halogenated alkanes) is 7. The Balaban J connectivity index is 2.01. The summed E-state index contributed by atoms with van der Waals surface area (Å²) >= 11 is 0. The Kier molecular flexibility index (Phi) is 38.8. The maximum Gasteiger partial charge on any atom is 0.335 e. The Hall–Kier alpha value is -5.35. The third kappa shape index (κ3) is 36.3. The highest BCUT2D eigenvalue weighted by atomic mass is 16.5. The SMILES string of the molecule is [CH]N[C@@H](CCC)C(=O)CC[C@@H](CCCCNC(=O)COCCOCCNC(=O)COCCOCCCC(=O)CC[C@H](NC(=O)CCCCCCCCCOc1ccc(C(=O)O)cc1)C(=O)O)C(=O)CCC(=O)O. The van der Waals surface area contributed by atoms with E-state index in [1.807, 2.05) is 6.92 Å². The molecule has 3 atom stereocenters. The van der Waals surface area contributed by atoms with Crippen LogP contribution in [0.4, 0.5) is 0 Å². The fourth-order valence-electron chi connectivity index (χ4n) is 7.38. The molecule has 21 nitrogen and oxygen atoms in total. The molecule has 0 unspecified atom stereocenters. The minimum absolute atomic E-state index is 0.00343. The molecule has 0 aliphatic rings. The van der Waals surface area contributed by atoms with E-state index in [0.717, 1.165) is 44.9 Å². The highest BCUT2D eigenvalue weighted by molar-refractivity contribution is 5.88. The number of carbonyl (C=O) groups excluding carboxylic acids is 6. The summed E-state index contributed by atoms with van der Waals surface area (Å²) in [6, 6.07) is 4.66. The van der Waals surface area contributed by atoms with Gasteiger partial charge in [0, 0.05) is 64.8 Å². The van der Waals surface area contributed by atoms with E-state index in [2.05, 4.69) is 21.3 Å². The number of Topliss-reactive ketones (excluding diaryl/α,β-unsaturated/α-hetero) is 3. The van der Waals surface area contributed by atoms with Gasteiger partial charge >= 0.3 is 17.9 Å². The minimum Gasteiger partial charge on any atom is -0.494 e. The second-order valence-electron chi connectivity index (χ2n) is 17.6. The number of aliphatic carboxylic acids is 2. The van der Waals surface area contributed by atoms with Gasteiger partial charge in [0.2, 0.25) is 17.7 Å². The highest BCUT2D eigenvalue weighted by Crippen LogP contribution is 2.20. The number of carboxylic acid groups (broad SMARTS) is 3. The van der Waals surface area contributed by atoms with Gasteiger partial charge in [-0.15, -0.1) is 0 Å². The van der Waals surface area contributed by atoms with Crippen molar-refractivity contribution in [2.24, 2.45) is 5.92 Å². The quantitative estimate of drug-likeness (QED) is 0.0338. The van der Waals surface area contributed by atoms with Gasteiger partial charge in [0.1, 0.15) is 42.4 Å². The summed E-state index contributed by atoms with van der Waals surface area (Å²) in [5.41, 5.74) is 0.210. The predicted molar refractivity (Wildman–Crippen MR) is 268 cm³/mol. The van der Waals surface area contributed by atoms with Gasteiger partial charge in [-0.1, -0.05) is 51.9 Å². The third-order valence-corrected chi connectivity index (χ3v) is 11.5. The van der Waals surface area contributed by atoms with Crippen molar-refractivity contribution in [2.45, 2.75) is 154 Å². The maximum atomic E-state index is 12.7. The van der Waals surface area contributed by atoms with Crippen LogP contribution in [-0.2, 0) is 57.3 Å². The first-order valence-electron chi connectivity index (χ1n) is 25.7. The van der Waals surface area contributed by atoms with Crippen LogP contribution in [0.1, 0.15) is 152 Å². The maximum absolute atomic E-state index is 12.7. The van der Waals surface area contributed by atoms with Gasteiger partial charge in [0.25, 0.3) is 0 Å². The number of carbonyl (C=O) groups is 9. The molecule has 21 heteroatoms. The van der Waals surface area contributed by atoms with Crippen molar-refractivity contribution in [3.63, 3.8) is 0 Å². The molecule has 1 rings (SSSR count). The van der Waals surface area contributed by atoms with Gasteiger partial charge in [-0.3, -0.25) is 33.6 Å². The van der Waals surface area contributed by atoms with E-state index >= 15 is 0 Å². The average molecular weight is 1040 g/mol. The van der Waals surface area contributed by atoms with Gasteiger partial charge in [-0.25, -0.2) is 9.59 Å². The number of aromatic carboxylic acids is 1. The number of amides is 3. The number of benzene rings is 1. The molecule has 0 aliphatic heterocycles. The number of hydrogen-bond donors (Lipinski definition) is 7. The van der Waals surface area contributed by atoms with Gasteiger partial charge in [-0.2, -0.15) is 0 Å². The van der Waals surface area contributed by atoms with E-state index in [1.54, 1.807) is 12.1 Å². The zero-order valence-corrected chi connectivity index (χ0v) is 42.8. The zero-order chi connectivity index (χ0) is 53.9. The first-order valence-corrected chi connectivity index (χ1v) is 25.7. The molecule has 0 aromatic heterocycles.